The topological polar surface area (TPSA) is 71.6 Å². The lowest BCUT2D eigenvalue weighted by molar-refractivity contribution is -0.113. The molecule has 0 radical (unpaired) electrons. The van der Waals surface area contributed by atoms with Crippen molar-refractivity contribution in [2.24, 2.45) is 0 Å². The maximum absolute atomic E-state index is 13.1. The number of hydrogen-bond donors (Lipinski definition) is 3. The second-order valence-electron chi connectivity index (χ2n) is 5.97. The Hall–Kier alpha value is -3.06. The molecule has 2 aromatic carbocycles. The van der Waals surface area contributed by atoms with Crippen LogP contribution in [0.15, 0.2) is 59.8 Å². The summed E-state index contributed by atoms with van der Waals surface area (Å²) in [6, 6.07) is 14.4. The number of methoxy groups -OCH3 is 2. The first-order valence-corrected chi connectivity index (χ1v) is 8.81. The Bertz CT molecular complexity index is 897. The molecule has 0 fully saturated rings. The number of hydrogen-bond acceptors (Lipinski definition) is 4. The van der Waals surface area contributed by atoms with Crippen molar-refractivity contribution < 1.29 is 14.3 Å². The summed E-state index contributed by atoms with van der Waals surface area (Å²) >= 11 is 5.31. The van der Waals surface area contributed by atoms with Gasteiger partial charge in [0.15, 0.2) is 16.6 Å². The van der Waals surface area contributed by atoms with Crippen LogP contribution in [0.25, 0.3) is 0 Å². The minimum absolute atomic E-state index is 0.226. The van der Waals surface area contributed by atoms with Crippen LogP contribution in [0.2, 0.25) is 0 Å². The van der Waals surface area contributed by atoms with Gasteiger partial charge in [0.05, 0.1) is 25.8 Å². The van der Waals surface area contributed by atoms with Crippen molar-refractivity contribution in [3.05, 3.63) is 65.4 Å². The number of rotatable bonds is 5. The summed E-state index contributed by atoms with van der Waals surface area (Å²) in [5.41, 5.74) is 2.69. The molecule has 1 aliphatic heterocycles. The van der Waals surface area contributed by atoms with Crippen LogP contribution in [0.4, 0.5) is 5.69 Å². The fourth-order valence-corrected chi connectivity index (χ4v) is 3.36. The number of thiocarbonyl (C=S) groups is 1. The van der Waals surface area contributed by atoms with Crippen LogP contribution in [0.3, 0.4) is 0 Å². The fraction of sp³-hybridized carbons (Fsp3) is 0.200. The maximum atomic E-state index is 13.1. The summed E-state index contributed by atoms with van der Waals surface area (Å²) < 4.78 is 10.9. The Balaban J connectivity index is 2.04. The van der Waals surface area contributed by atoms with Crippen LogP contribution in [-0.2, 0) is 4.79 Å². The quantitative estimate of drug-likeness (QED) is 0.689. The summed E-state index contributed by atoms with van der Waals surface area (Å²) in [6.45, 7) is 1.83. The van der Waals surface area contributed by atoms with E-state index < -0.39 is 6.04 Å². The number of nitrogens with one attached hydrogen (secondary N) is 3. The van der Waals surface area contributed by atoms with Crippen LogP contribution in [0, 0.1) is 0 Å². The van der Waals surface area contributed by atoms with Gasteiger partial charge in [0.25, 0.3) is 5.91 Å². The van der Waals surface area contributed by atoms with E-state index in [1.807, 2.05) is 55.5 Å². The molecule has 0 aliphatic carbocycles. The molecule has 0 saturated heterocycles. The van der Waals surface area contributed by atoms with Gasteiger partial charge in [-0.2, -0.15) is 0 Å². The molecule has 3 rings (SSSR count). The molecule has 0 saturated carbocycles. The van der Waals surface area contributed by atoms with Crippen molar-refractivity contribution in [3.63, 3.8) is 0 Å². The first-order valence-electron chi connectivity index (χ1n) is 8.40. The lowest BCUT2D eigenvalue weighted by Crippen LogP contribution is -2.45. The van der Waals surface area contributed by atoms with Gasteiger partial charge in [-0.15, -0.1) is 0 Å². The molecule has 3 N–H and O–H groups in total. The zero-order valence-electron chi connectivity index (χ0n) is 15.3. The second-order valence-corrected chi connectivity index (χ2v) is 6.38. The van der Waals surface area contributed by atoms with Gasteiger partial charge in [-0.1, -0.05) is 30.3 Å². The van der Waals surface area contributed by atoms with Gasteiger partial charge >= 0.3 is 0 Å². The van der Waals surface area contributed by atoms with E-state index in [2.05, 4.69) is 16.0 Å². The van der Waals surface area contributed by atoms with Crippen LogP contribution < -0.4 is 25.4 Å². The predicted molar refractivity (Wildman–Crippen MR) is 109 cm³/mol. The predicted octanol–water partition coefficient (Wildman–Crippen LogP) is 3.14. The molecule has 1 atom stereocenters. The summed E-state index contributed by atoms with van der Waals surface area (Å²) in [6.07, 6.45) is 0. The van der Waals surface area contributed by atoms with Gasteiger partial charge in [-0.25, -0.2) is 0 Å². The average Bonchev–Trinajstić information content (AvgIpc) is 2.67. The van der Waals surface area contributed by atoms with E-state index in [1.54, 1.807) is 14.2 Å². The molecular formula is C20H21N3O3S. The molecule has 1 amide bonds. The van der Waals surface area contributed by atoms with Crippen molar-refractivity contribution >= 4 is 28.9 Å². The molecule has 140 valence electrons. The normalized spacial score (nSPS) is 16.3. The van der Waals surface area contributed by atoms with Gasteiger partial charge in [0, 0.05) is 16.9 Å². The molecule has 27 heavy (non-hydrogen) atoms. The molecular weight excluding hydrogens is 362 g/mol. The first kappa shape index (κ1) is 18.7. The molecule has 1 heterocycles. The van der Waals surface area contributed by atoms with Crippen LogP contribution in [0.1, 0.15) is 18.5 Å². The van der Waals surface area contributed by atoms with E-state index in [4.69, 9.17) is 21.7 Å². The third-order valence-corrected chi connectivity index (χ3v) is 4.51. The van der Waals surface area contributed by atoms with Crippen molar-refractivity contribution in [1.29, 1.82) is 0 Å². The number of benzene rings is 2. The number of ether oxygens (including phenoxy) is 2. The first-order chi connectivity index (χ1) is 13.0. The van der Waals surface area contributed by atoms with E-state index in [-0.39, 0.29) is 5.91 Å². The van der Waals surface area contributed by atoms with Gasteiger partial charge < -0.3 is 25.4 Å². The molecule has 0 unspecified atom stereocenters. The van der Waals surface area contributed by atoms with Crippen LogP contribution in [-0.4, -0.2) is 25.2 Å². The number of para-hydroxylation sites is 2. The molecule has 1 aliphatic rings. The van der Waals surface area contributed by atoms with Gasteiger partial charge in [-0.3, -0.25) is 4.79 Å². The summed E-state index contributed by atoms with van der Waals surface area (Å²) in [5.74, 6) is 0.915. The van der Waals surface area contributed by atoms with Crippen LogP contribution in [0.5, 0.6) is 11.5 Å². The van der Waals surface area contributed by atoms with Gasteiger partial charge in [-0.05, 0) is 37.3 Å². The highest BCUT2D eigenvalue weighted by molar-refractivity contribution is 7.80. The van der Waals surface area contributed by atoms with Crippen molar-refractivity contribution in [3.8, 4) is 11.5 Å². The Labute approximate surface area is 163 Å². The average molecular weight is 383 g/mol. The van der Waals surface area contributed by atoms with Crippen molar-refractivity contribution in [1.82, 2.24) is 10.6 Å². The standard InChI is InChI=1S/C20H21N3O3S/c1-12-16(19(24)22-13-8-5-4-6-9-13)17(23-20(27)21-12)14-10-7-11-15(25-2)18(14)26-3/h4-11,17H,1-3H3,(H,22,24)(H2,21,23,27)/t17-/m0/s1. The monoisotopic (exact) mass is 383 g/mol. The second kappa shape index (κ2) is 8.09. The van der Waals surface area contributed by atoms with E-state index >= 15 is 0 Å². The fourth-order valence-electron chi connectivity index (χ4n) is 3.09. The van der Waals surface area contributed by atoms with Crippen molar-refractivity contribution in [2.75, 3.05) is 19.5 Å². The number of amides is 1. The Morgan fingerprint density at radius 3 is 2.48 bits per heavy atom. The van der Waals surface area contributed by atoms with Gasteiger partial charge in [0.1, 0.15) is 0 Å². The molecule has 6 nitrogen and oxygen atoms in total. The Kier molecular flexibility index (Phi) is 5.61. The molecule has 0 spiro atoms. The third-order valence-electron chi connectivity index (χ3n) is 4.29. The van der Waals surface area contributed by atoms with Crippen molar-refractivity contribution in [2.45, 2.75) is 13.0 Å². The zero-order valence-corrected chi connectivity index (χ0v) is 16.1. The maximum Gasteiger partial charge on any atom is 0.255 e. The molecule has 7 heteroatoms. The Morgan fingerprint density at radius 2 is 1.81 bits per heavy atom. The highest BCUT2D eigenvalue weighted by Crippen LogP contribution is 2.39. The number of allylic oxidation sites excluding steroid dienone is 1. The summed E-state index contributed by atoms with van der Waals surface area (Å²) in [5, 5.41) is 9.57. The van der Waals surface area contributed by atoms with E-state index in [0.29, 0.717) is 33.6 Å². The lowest BCUT2D eigenvalue weighted by atomic mass is 9.94. The summed E-state index contributed by atoms with van der Waals surface area (Å²) in [4.78, 5) is 13.1. The minimum Gasteiger partial charge on any atom is -0.493 e. The molecule has 0 bridgehead atoms. The SMILES string of the molecule is COc1cccc([C@@H]2NC(=S)NC(C)=C2C(=O)Nc2ccccc2)c1OC. The minimum atomic E-state index is -0.479. The van der Waals surface area contributed by atoms with Gasteiger partial charge in [0.2, 0.25) is 0 Å². The number of carbonyl (C=O) groups is 1. The largest absolute Gasteiger partial charge is 0.493 e. The highest BCUT2D eigenvalue weighted by Gasteiger charge is 2.32. The van der Waals surface area contributed by atoms with E-state index in [9.17, 15) is 4.79 Å². The smallest absolute Gasteiger partial charge is 0.255 e. The lowest BCUT2D eigenvalue weighted by Gasteiger charge is -2.31. The Morgan fingerprint density at radius 1 is 1.07 bits per heavy atom. The highest BCUT2D eigenvalue weighted by atomic mass is 32.1. The third kappa shape index (κ3) is 3.88. The zero-order chi connectivity index (χ0) is 19.4. The van der Waals surface area contributed by atoms with Crippen LogP contribution >= 0.6 is 12.2 Å². The number of anilines is 1. The summed E-state index contributed by atoms with van der Waals surface area (Å²) in [7, 11) is 3.15. The van der Waals surface area contributed by atoms with E-state index in [0.717, 1.165) is 5.56 Å². The molecule has 0 aromatic heterocycles. The number of carbonyl (C=O) groups excluding carboxylic acids is 1. The van der Waals surface area contributed by atoms with E-state index in [1.165, 1.54) is 0 Å². The molecule has 2 aromatic rings.